The zero-order valence-electron chi connectivity index (χ0n) is 13.1. The minimum atomic E-state index is -3.19. The van der Waals surface area contributed by atoms with Crippen LogP contribution in [0.15, 0.2) is 42.5 Å². The average molecular weight is 305 g/mol. The van der Waals surface area contributed by atoms with Crippen LogP contribution in [0.2, 0.25) is 0 Å². The fourth-order valence-electron chi connectivity index (χ4n) is 2.35. The fraction of sp³-hybridized carbons (Fsp3) is 0.412. The molecule has 2 rings (SSSR count). The van der Waals surface area contributed by atoms with Crippen LogP contribution >= 0.6 is 0 Å². The number of hydrogen-bond donors (Lipinski definition) is 1. The maximum absolute atomic E-state index is 12.5. The lowest BCUT2D eigenvalue weighted by Crippen LogP contribution is -2.36. The van der Waals surface area contributed by atoms with Gasteiger partial charge in [0, 0.05) is 6.04 Å². The van der Waals surface area contributed by atoms with Crippen molar-refractivity contribution in [2.75, 3.05) is 12.8 Å². The van der Waals surface area contributed by atoms with Crippen molar-refractivity contribution in [2.24, 2.45) is 0 Å². The highest BCUT2D eigenvalue weighted by atomic mass is 32.2. The van der Waals surface area contributed by atoms with Crippen molar-refractivity contribution in [3.8, 4) is 0 Å². The van der Waals surface area contributed by atoms with Gasteiger partial charge in [-0.2, -0.15) is 0 Å². The molecule has 1 unspecified atom stereocenters. The van der Waals surface area contributed by atoms with E-state index in [4.69, 9.17) is 0 Å². The van der Waals surface area contributed by atoms with E-state index in [1.165, 1.54) is 0 Å². The average Bonchev–Trinajstić information content (AvgIpc) is 2.43. The predicted molar refractivity (Wildman–Crippen MR) is 89.3 cm³/mol. The van der Waals surface area contributed by atoms with Gasteiger partial charge in [-0.1, -0.05) is 42.5 Å². The maximum atomic E-state index is 12.5. The zero-order valence-corrected chi connectivity index (χ0v) is 13.9. The van der Waals surface area contributed by atoms with Gasteiger partial charge in [0.1, 0.15) is 0 Å². The first-order valence-electron chi connectivity index (χ1n) is 7.13. The molecule has 0 saturated heterocycles. The van der Waals surface area contributed by atoms with Crippen LogP contribution in [0, 0.1) is 0 Å². The molecule has 2 aromatic carbocycles. The van der Waals surface area contributed by atoms with Crippen molar-refractivity contribution >= 4 is 20.6 Å². The van der Waals surface area contributed by atoms with Gasteiger partial charge < -0.3 is 5.32 Å². The number of benzene rings is 2. The molecule has 0 fully saturated rings. The molecular weight excluding hydrogens is 282 g/mol. The van der Waals surface area contributed by atoms with Crippen molar-refractivity contribution in [3.05, 3.63) is 48.0 Å². The van der Waals surface area contributed by atoms with Crippen LogP contribution in [0.5, 0.6) is 0 Å². The summed E-state index contributed by atoms with van der Waals surface area (Å²) in [5.41, 5.74) is 1.03. The summed E-state index contributed by atoms with van der Waals surface area (Å²) in [4.78, 5) is 0. The second kappa shape index (κ2) is 5.78. The van der Waals surface area contributed by atoms with Gasteiger partial charge in [0.05, 0.1) is 10.5 Å². The molecule has 1 atom stereocenters. The van der Waals surface area contributed by atoms with E-state index in [1.54, 1.807) is 20.8 Å². The van der Waals surface area contributed by atoms with Crippen molar-refractivity contribution < 1.29 is 8.42 Å². The van der Waals surface area contributed by atoms with Gasteiger partial charge >= 0.3 is 0 Å². The molecule has 0 spiro atoms. The van der Waals surface area contributed by atoms with Gasteiger partial charge in [0.2, 0.25) is 0 Å². The largest absolute Gasteiger partial charge is 0.312 e. The van der Waals surface area contributed by atoms with Gasteiger partial charge in [-0.3, -0.25) is 0 Å². The lowest BCUT2D eigenvalue weighted by molar-refractivity contribution is 0.543. The van der Waals surface area contributed by atoms with E-state index in [0.717, 1.165) is 16.3 Å². The van der Waals surface area contributed by atoms with E-state index in [9.17, 15) is 8.42 Å². The van der Waals surface area contributed by atoms with Crippen LogP contribution in [0.1, 0.15) is 32.4 Å². The molecule has 21 heavy (non-hydrogen) atoms. The minimum Gasteiger partial charge on any atom is -0.312 e. The summed E-state index contributed by atoms with van der Waals surface area (Å²) in [6.07, 6.45) is 0. The molecule has 2 aromatic rings. The molecule has 0 heterocycles. The molecular formula is C17H23NO2S. The highest BCUT2D eigenvalue weighted by Crippen LogP contribution is 2.28. The Bertz CT molecular complexity index is 725. The third kappa shape index (κ3) is 3.27. The molecule has 1 N–H and O–H groups in total. The van der Waals surface area contributed by atoms with E-state index in [-0.39, 0.29) is 11.8 Å². The molecule has 0 aliphatic rings. The normalized spacial score (nSPS) is 14.3. The Hall–Kier alpha value is -1.39. The first-order chi connectivity index (χ1) is 9.76. The molecule has 0 amide bonds. The SMILES string of the molecule is CNC(CS(=O)(=O)C(C)(C)C)c1cccc2ccccc12. The van der Waals surface area contributed by atoms with Crippen LogP contribution in [0.4, 0.5) is 0 Å². The molecule has 0 saturated carbocycles. The number of rotatable bonds is 4. The number of hydrogen-bond acceptors (Lipinski definition) is 3. The van der Waals surface area contributed by atoms with Crippen LogP contribution in [-0.2, 0) is 9.84 Å². The number of nitrogens with one attached hydrogen (secondary N) is 1. The molecule has 114 valence electrons. The summed E-state index contributed by atoms with van der Waals surface area (Å²) in [7, 11) is -1.38. The Kier molecular flexibility index (Phi) is 4.40. The first kappa shape index (κ1) is 16.0. The first-order valence-corrected chi connectivity index (χ1v) is 8.79. The molecule has 0 aliphatic heterocycles. The summed E-state index contributed by atoms with van der Waals surface area (Å²) >= 11 is 0. The molecule has 4 heteroatoms. The zero-order chi connectivity index (χ0) is 15.7. The second-order valence-electron chi connectivity index (χ2n) is 6.30. The van der Waals surface area contributed by atoms with Crippen molar-refractivity contribution in [1.82, 2.24) is 5.32 Å². The quantitative estimate of drug-likeness (QED) is 0.942. The van der Waals surface area contributed by atoms with Gasteiger partial charge in [-0.05, 0) is 44.2 Å². The monoisotopic (exact) mass is 305 g/mol. The van der Waals surface area contributed by atoms with Crippen LogP contribution < -0.4 is 5.32 Å². The standard InChI is InChI=1S/C17H23NO2S/c1-17(2,3)21(19,20)12-16(18-4)15-11-7-9-13-8-5-6-10-14(13)15/h5-11,16,18H,12H2,1-4H3. The molecule has 0 bridgehead atoms. The Morgan fingerprint density at radius 3 is 2.29 bits per heavy atom. The van der Waals surface area contributed by atoms with E-state index >= 15 is 0 Å². The van der Waals surface area contributed by atoms with E-state index in [0.29, 0.717) is 0 Å². The Morgan fingerprint density at radius 2 is 1.67 bits per heavy atom. The Balaban J connectivity index is 2.46. The van der Waals surface area contributed by atoms with Crippen molar-refractivity contribution in [1.29, 1.82) is 0 Å². The summed E-state index contributed by atoms with van der Waals surface area (Å²) in [5, 5.41) is 5.39. The molecule has 0 radical (unpaired) electrons. The highest BCUT2D eigenvalue weighted by molar-refractivity contribution is 7.92. The van der Waals surface area contributed by atoms with E-state index < -0.39 is 14.6 Å². The number of fused-ring (bicyclic) bond motifs is 1. The smallest absolute Gasteiger partial charge is 0.157 e. The molecule has 0 aliphatic carbocycles. The predicted octanol–water partition coefficient (Wildman–Crippen LogP) is 3.31. The summed E-state index contributed by atoms with van der Waals surface area (Å²) in [5.74, 6) is 0.0982. The van der Waals surface area contributed by atoms with Crippen LogP contribution in [0.25, 0.3) is 10.8 Å². The third-order valence-corrected chi connectivity index (χ3v) is 6.50. The van der Waals surface area contributed by atoms with E-state index in [2.05, 4.69) is 5.32 Å². The Labute approximate surface area is 127 Å². The molecule has 3 nitrogen and oxygen atoms in total. The highest BCUT2D eigenvalue weighted by Gasteiger charge is 2.32. The van der Waals surface area contributed by atoms with Crippen molar-refractivity contribution in [3.63, 3.8) is 0 Å². The van der Waals surface area contributed by atoms with Crippen LogP contribution in [-0.4, -0.2) is 26.0 Å². The van der Waals surface area contributed by atoms with Gasteiger partial charge in [0.25, 0.3) is 0 Å². The van der Waals surface area contributed by atoms with Crippen LogP contribution in [0.3, 0.4) is 0 Å². The fourth-order valence-corrected chi connectivity index (χ4v) is 3.64. The van der Waals surface area contributed by atoms with E-state index in [1.807, 2.05) is 49.5 Å². The second-order valence-corrected chi connectivity index (χ2v) is 9.09. The lowest BCUT2D eigenvalue weighted by atomic mass is 10.00. The third-order valence-electron chi connectivity index (χ3n) is 3.87. The minimum absolute atomic E-state index is 0.0982. The summed E-state index contributed by atoms with van der Waals surface area (Å²) in [6, 6.07) is 13.9. The lowest BCUT2D eigenvalue weighted by Gasteiger charge is -2.25. The summed E-state index contributed by atoms with van der Waals surface area (Å²) < 4.78 is 24.2. The number of sulfone groups is 1. The van der Waals surface area contributed by atoms with Gasteiger partial charge in [-0.25, -0.2) is 8.42 Å². The van der Waals surface area contributed by atoms with Gasteiger partial charge in [-0.15, -0.1) is 0 Å². The van der Waals surface area contributed by atoms with Crippen molar-refractivity contribution in [2.45, 2.75) is 31.6 Å². The van der Waals surface area contributed by atoms with Gasteiger partial charge in [0.15, 0.2) is 9.84 Å². The maximum Gasteiger partial charge on any atom is 0.157 e. The summed E-state index contributed by atoms with van der Waals surface area (Å²) in [6.45, 7) is 5.24. The topological polar surface area (TPSA) is 46.2 Å². The molecule has 0 aromatic heterocycles. The Morgan fingerprint density at radius 1 is 1.05 bits per heavy atom.